The van der Waals surface area contributed by atoms with Crippen LogP contribution in [0.3, 0.4) is 0 Å². The molecule has 0 aromatic rings. The molecule has 3 atom stereocenters. The van der Waals surface area contributed by atoms with Crippen LogP contribution in [0.5, 0.6) is 0 Å². The normalized spacial score (nSPS) is 35.1. The number of rotatable bonds is 4. The smallest absolute Gasteiger partial charge is 0.306 e. The van der Waals surface area contributed by atoms with E-state index >= 15 is 0 Å². The number of nitrogens with one attached hydrogen (secondary N) is 1. The van der Waals surface area contributed by atoms with Crippen molar-refractivity contribution in [3.63, 3.8) is 0 Å². The van der Waals surface area contributed by atoms with Crippen molar-refractivity contribution in [3.8, 4) is 0 Å². The quantitative estimate of drug-likeness (QED) is 0.792. The third-order valence-electron chi connectivity index (χ3n) is 3.74. The molecule has 2 aliphatic rings. The predicted molar refractivity (Wildman–Crippen MR) is 66.8 cm³/mol. The molecule has 92 valence electrons. The van der Waals surface area contributed by atoms with E-state index in [1.807, 2.05) is 11.8 Å². The van der Waals surface area contributed by atoms with Crippen LogP contribution in [-0.2, 0) is 4.79 Å². The largest absolute Gasteiger partial charge is 0.481 e. The summed E-state index contributed by atoms with van der Waals surface area (Å²) < 4.78 is 0. The van der Waals surface area contributed by atoms with Gasteiger partial charge in [-0.25, -0.2) is 0 Å². The van der Waals surface area contributed by atoms with Crippen molar-refractivity contribution in [2.75, 3.05) is 18.1 Å². The summed E-state index contributed by atoms with van der Waals surface area (Å²) >= 11 is 2.04. The number of carboxylic acids is 1. The Morgan fingerprint density at radius 1 is 1.38 bits per heavy atom. The SMILES string of the molecule is O=C(O)C1CCCC(NCC2CCSC2)C1. The van der Waals surface area contributed by atoms with Crippen molar-refractivity contribution in [2.24, 2.45) is 11.8 Å². The Morgan fingerprint density at radius 2 is 2.25 bits per heavy atom. The molecule has 0 aromatic heterocycles. The molecule has 2 N–H and O–H groups in total. The van der Waals surface area contributed by atoms with Crippen LogP contribution < -0.4 is 5.32 Å². The molecule has 1 saturated heterocycles. The number of aliphatic carboxylic acids is 1. The molecule has 0 spiro atoms. The van der Waals surface area contributed by atoms with Crippen molar-refractivity contribution in [2.45, 2.75) is 38.1 Å². The second-order valence-corrected chi connectivity index (χ2v) is 6.19. The van der Waals surface area contributed by atoms with Gasteiger partial charge in [-0.15, -0.1) is 0 Å². The molecule has 1 aliphatic heterocycles. The molecule has 0 bridgehead atoms. The Labute approximate surface area is 101 Å². The van der Waals surface area contributed by atoms with E-state index in [9.17, 15) is 4.79 Å². The highest BCUT2D eigenvalue weighted by molar-refractivity contribution is 7.99. The molecular formula is C12H21NO2S. The van der Waals surface area contributed by atoms with Crippen LogP contribution in [0.4, 0.5) is 0 Å². The van der Waals surface area contributed by atoms with Crippen LogP contribution in [0.1, 0.15) is 32.1 Å². The average molecular weight is 243 g/mol. The van der Waals surface area contributed by atoms with E-state index < -0.39 is 5.97 Å². The van der Waals surface area contributed by atoms with Crippen LogP contribution in [0.15, 0.2) is 0 Å². The predicted octanol–water partition coefficient (Wildman–Crippen LogP) is 1.97. The second kappa shape index (κ2) is 5.92. The van der Waals surface area contributed by atoms with Gasteiger partial charge in [0.25, 0.3) is 0 Å². The topological polar surface area (TPSA) is 49.3 Å². The minimum atomic E-state index is -0.608. The van der Waals surface area contributed by atoms with Gasteiger partial charge in [-0.1, -0.05) is 6.42 Å². The lowest BCUT2D eigenvalue weighted by Crippen LogP contribution is -2.38. The van der Waals surface area contributed by atoms with E-state index in [0.717, 1.165) is 38.1 Å². The fourth-order valence-electron chi connectivity index (χ4n) is 2.68. The monoisotopic (exact) mass is 243 g/mol. The fraction of sp³-hybridized carbons (Fsp3) is 0.917. The summed E-state index contributed by atoms with van der Waals surface area (Å²) in [5, 5.41) is 12.6. The van der Waals surface area contributed by atoms with Crippen LogP contribution >= 0.6 is 11.8 Å². The van der Waals surface area contributed by atoms with Gasteiger partial charge in [0.2, 0.25) is 0 Å². The summed E-state index contributed by atoms with van der Waals surface area (Å²) in [6.07, 6.45) is 5.24. The molecule has 3 unspecified atom stereocenters. The summed E-state index contributed by atoms with van der Waals surface area (Å²) in [5.74, 6) is 2.68. The molecule has 1 aliphatic carbocycles. The van der Waals surface area contributed by atoms with Crippen molar-refractivity contribution in [1.82, 2.24) is 5.32 Å². The molecule has 2 rings (SSSR count). The van der Waals surface area contributed by atoms with Gasteiger partial charge in [0.05, 0.1) is 5.92 Å². The van der Waals surface area contributed by atoms with Gasteiger partial charge in [0.15, 0.2) is 0 Å². The Kier molecular flexibility index (Phi) is 4.53. The molecule has 2 fully saturated rings. The van der Waals surface area contributed by atoms with Gasteiger partial charge in [-0.3, -0.25) is 4.79 Å². The van der Waals surface area contributed by atoms with Crippen LogP contribution in [0.2, 0.25) is 0 Å². The number of carboxylic acid groups (broad SMARTS) is 1. The lowest BCUT2D eigenvalue weighted by atomic mass is 9.85. The first-order chi connectivity index (χ1) is 7.75. The Morgan fingerprint density at radius 3 is 2.94 bits per heavy atom. The third kappa shape index (κ3) is 3.39. The molecule has 0 amide bonds. The molecule has 16 heavy (non-hydrogen) atoms. The second-order valence-electron chi connectivity index (χ2n) is 5.04. The zero-order valence-electron chi connectivity index (χ0n) is 9.65. The van der Waals surface area contributed by atoms with Gasteiger partial charge in [-0.05, 0) is 49.7 Å². The van der Waals surface area contributed by atoms with Gasteiger partial charge in [0.1, 0.15) is 0 Å². The number of thioether (sulfide) groups is 1. The average Bonchev–Trinajstić information content (AvgIpc) is 2.79. The van der Waals surface area contributed by atoms with Crippen LogP contribution in [-0.4, -0.2) is 35.2 Å². The van der Waals surface area contributed by atoms with Crippen LogP contribution in [0.25, 0.3) is 0 Å². The maximum absolute atomic E-state index is 10.9. The molecule has 1 heterocycles. The Hall–Kier alpha value is -0.220. The Bertz CT molecular complexity index is 241. The highest BCUT2D eigenvalue weighted by atomic mass is 32.2. The van der Waals surface area contributed by atoms with Crippen molar-refractivity contribution in [1.29, 1.82) is 0 Å². The zero-order chi connectivity index (χ0) is 11.4. The number of carbonyl (C=O) groups is 1. The van der Waals surface area contributed by atoms with Gasteiger partial charge >= 0.3 is 5.97 Å². The summed E-state index contributed by atoms with van der Waals surface area (Å²) in [4.78, 5) is 10.9. The number of hydrogen-bond donors (Lipinski definition) is 2. The van der Waals surface area contributed by atoms with E-state index in [-0.39, 0.29) is 5.92 Å². The third-order valence-corrected chi connectivity index (χ3v) is 4.97. The maximum Gasteiger partial charge on any atom is 0.306 e. The maximum atomic E-state index is 10.9. The number of hydrogen-bond acceptors (Lipinski definition) is 3. The van der Waals surface area contributed by atoms with Crippen molar-refractivity contribution in [3.05, 3.63) is 0 Å². The molecule has 3 nitrogen and oxygen atoms in total. The first-order valence-electron chi connectivity index (χ1n) is 6.29. The van der Waals surface area contributed by atoms with E-state index in [4.69, 9.17) is 5.11 Å². The van der Waals surface area contributed by atoms with Gasteiger partial charge in [-0.2, -0.15) is 11.8 Å². The van der Waals surface area contributed by atoms with Gasteiger partial charge < -0.3 is 10.4 Å². The van der Waals surface area contributed by atoms with Gasteiger partial charge in [0, 0.05) is 6.04 Å². The minimum Gasteiger partial charge on any atom is -0.481 e. The van der Waals surface area contributed by atoms with E-state index in [1.54, 1.807) is 0 Å². The summed E-state index contributed by atoms with van der Waals surface area (Å²) in [6, 6.07) is 0.445. The molecular weight excluding hydrogens is 222 g/mol. The molecule has 0 radical (unpaired) electrons. The zero-order valence-corrected chi connectivity index (χ0v) is 10.5. The lowest BCUT2D eigenvalue weighted by Gasteiger charge is -2.28. The summed E-state index contributed by atoms with van der Waals surface area (Å²) in [7, 11) is 0. The van der Waals surface area contributed by atoms with E-state index in [0.29, 0.717) is 6.04 Å². The Balaban J connectivity index is 1.70. The molecule has 1 saturated carbocycles. The van der Waals surface area contributed by atoms with E-state index in [1.165, 1.54) is 17.9 Å². The minimum absolute atomic E-state index is 0.107. The van der Waals surface area contributed by atoms with Crippen molar-refractivity contribution >= 4 is 17.7 Å². The summed E-state index contributed by atoms with van der Waals surface area (Å²) in [5.41, 5.74) is 0. The lowest BCUT2D eigenvalue weighted by molar-refractivity contribution is -0.143. The summed E-state index contributed by atoms with van der Waals surface area (Å²) in [6.45, 7) is 1.09. The standard InChI is InChI=1S/C12H21NO2S/c14-12(15)10-2-1-3-11(6-10)13-7-9-4-5-16-8-9/h9-11,13H,1-8H2,(H,14,15). The van der Waals surface area contributed by atoms with Crippen LogP contribution in [0, 0.1) is 11.8 Å². The highest BCUT2D eigenvalue weighted by Gasteiger charge is 2.27. The first-order valence-corrected chi connectivity index (χ1v) is 7.45. The molecule has 0 aromatic carbocycles. The first kappa shape index (κ1) is 12.2. The highest BCUT2D eigenvalue weighted by Crippen LogP contribution is 2.26. The molecule has 4 heteroatoms. The fourth-order valence-corrected chi connectivity index (χ4v) is 3.96. The van der Waals surface area contributed by atoms with E-state index in [2.05, 4.69) is 5.32 Å². The van der Waals surface area contributed by atoms with Crippen molar-refractivity contribution < 1.29 is 9.90 Å².